The van der Waals surface area contributed by atoms with Gasteiger partial charge >= 0.3 is 0 Å². The molecule has 1 heterocycles. The van der Waals surface area contributed by atoms with Gasteiger partial charge in [-0.05, 0) is 18.9 Å². The largest absolute Gasteiger partial charge is 0.310 e. The van der Waals surface area contributed by atoms with Crippen molar-refractivity contribution in [2.75, 3.05) is 12.4 Å². The third kappa shape index (κ3) is 3.64. The fraction of sp³-hybridized carbons (Fsp3) is 0.778. The second-order valence-electron chi connectivity index (χ2n) is 3.51. The number of nitrogens with zero attached hydrogens (tertiary/aromatic N) is 3. The lowest BCUT2D eigenvalue weighted by molar-refractivity contribution is 0.490. The molecule has 0 amide bonds. The quantitative estimate of drug-likeness (QED) is 0.726. The van der Waals surface area contributed by atoms with Gasteiger partial charge in [0.25, 0.3) is 0 Å². The van der Waals surface area contributed by atoms with E-state index in [2.05, 4.69) is 22.3 Å². The summed E-state index contributed by atoms with van der Waals surface area (Å²) in [5, 5.41) is 7.33. The van der Waals surface area contributed by atoms with E-state index in [-0.39, 0.29) is 0 Å². The zero-order valence-corrected chi connectivity index (χ0v) is 9.46. The molecule has 4 nitrogen and oxygen atoms in total. The second kappa shape index (κ2) is 5.98. The summed E-state index contributed by atoms with van der Waals surface area (Å²) in [4.78, 5) is 4.12. The number of nitrogens with one attached hydrogen (secondary N) is 1. The summed E-state index contributed by atoms with van der Waals surface area (Å²) in [6.45, 7) is 3.93. The summed E-state index contributed by atoms with van der Waals surface area (Å²) in [6.07, 6.45) is 2.62. The maximum Gasteiger partial charge on any atom is 0.140 e. The van der Waals surface area contributed by atoms with Gasteiger partial charge < -0.3 is 5.32 Å². The van der Waals surface area contributed by atoms with Crippen LogP contribution in [0.25, 0.3) is 0 Å². The number of aryl methyl sites for hydroxylation is 1. The van der Waals surface area contributed by atoms with Crippen LogP contribution < -0.4 is 5.32 Å². The van der Waals surface area contributed by atoms with Crippen LogP contribution in [0.1, 0.15) is 19.2 Å². The molecule has 1 atom stereocenters. The summed E-state index contributed by atoms with van der Waals surface area (Å²) >= 11 is 5.65. The first-order chi connectivity index (χ1) is 6.74. The van der Waals surface area contributed by atoms with Crippen molar-refractivity contribution in [3.05, 3.63) is 12.2 Å². The number of aromatic nitrogens is 3. The molecule has 1 unspecified atom stereocenters. The van der Waals surface area contributed by atoms with Gasteiger partial charge in [0, 0.05) is 12.9 Å². The van der Waals surface area contributed by atoms with Crippen LogP contribution in [-0.2, 0) is 13.6 Å². The van der Waals surface area contributed by atoms with E-state index in [0.717, 1.165) is 31.2 Å². The maximum absolute atomic E-state index is 5.65. The summed E-state index contributed by atoms with van der Waals surface area (Å²) < 4.78 is 1.78. The van der Waals surface area contributed by atoms with Crippen LogP contribution in [0.5, 0.6) is 0 Å². The zero-order chi connectivity index (χ0) is 10.4. The van der Waals surface area contributed by atoms with E-state index in [9.17, 15) is 0 Å². The van der Waals surface area contributed by atoms with Gasteiger partial charge in [0.2, 0.25) is 0 Å². The Balaban J connectivity index is 2.19. The number of halogens is 1. The van der Waals surface area contributed by atoms with Gasteiger partial charge in [-0.3, -0.25) is 4.68 Å². The van der Waals surface area contributed by atoms with E-state index in [4.69, 9.17) is 11.6 Å². The smallest absolute Gasteiger partial charge is 0.140 e. The monoisotopic (exact) mass is 216 g/mol. The Morgan fingerprint density at radius 2 is 2.43 bits per heavy atom. The van der Waals surface area contributed by atoms with E-state index in [0.29, 0.717) is 5.92 Å². The van der Waals surface area contributed by atoms with E-state index in [1.165, 1.54) is 0 Å². The molecule has 80 valence electrons. The maximum atomic E-state index is 5.65. The van der Waals surface area contributed by atoms with Crippen molar-refractivity contribution in [3.8, 4) is 0 Å². The Morgan fingerprint density at radius 3 is 3.00 bits per heavy atom. The lowest BCUT2D eigenvalue weighted by Gasteiger charge is -2.10. The van der Waals surface area contributed by atoms with Gasteiger partial charge in [-0.2, -0.15) is 5.10 Å². The van der Waals surface area contributed by atoms with Crippen LogP contribution in [0.3, 0.4) is 0 Å². The molecule has 1 N–H and O–H groups in total. The second-order valence-corrected chi connectivity index (χ2v) is 3.89. The van der Waals surface area contributed by atoms with Gasteiger partial charge in [-0.15, -0.1) is 11.6 Å². The molecule has 0 aliphatic heterocycles. The van der Waals surface area contributed by atoms with Crippen LogP contribution in [0.4, 0.5) is 0 Å². The van der Waals surface area contributed by atoms with Gasteiger partial charge in [-0.1, -0.05) is 6.92 Å². The molecule has 5 heteroatoms. The molecule has 0 aliphatic carbocycles. The van der Waals surface area contributed by atoms with Crippen LogP contribution in [-0.4, -0.2) is 27.2 Å². The number of hydrogen-bond acceptors (Lipinski definition) is 3. The normalized spacial score (nSPS) is 13.1. The van der Waals surface area contributed by atoms with Crippen molar-refractivity contribution < 1.29 is 0 Å². The minimum Gasteiger partial charge on any atom is -0.310 e. The highest BCUT2D eigenvalue weighted by Gasteiger charge is 2.02. The molecule has 0 bridgehead atoms. The Labute approximate surface area is 89.7 Å². The van der Waals surface area contributed by atoms with Crippen LogP contribution in [0, 0.1) is 5.92 Å². The predicted octanol–water partition coefficient (Wildman–Crippen LogP) is 1.17. The Bertz CT molecular complexity index is 261. The lowest BCUT2D eigenvalue weighted by Crippen LogP contribution is -2.22. The minimum atomic E-state index is 0.612. The third-order valence-corrected chi connectivity index (χ3v) is 2.40. The van der Waals surface area contributed by atoms with Crippen LogP contribution in [0.2, 0.25) is 0 Å². The molecule has 0 fully saturated rings. The predicted molar refractivity (Wildman–Crippen MR) is 57.2 cm³/mol. The highest BCUT2D eigenvalue weighted by molar-refractivity contribution is 6.17. The van der Waals surface area contributed by atoms with E-state index in [1.54, 1.807) is 11.0 Å². The summed E-state index contributed by atoms with van der Waals surface area (Å²) in [6, 6.07) is 0. The molecule has 0 saturated heterocycles. The van der Waals surface area contributed by atoms with E-state index < -0.39 is 0 Å². The molecule has 0 saturated carbocycles. The standard InChI is InChI=1S/C9H17ClN4/c1-8(3-4-10)5-11-6-9-12-7-13-14(9)2/h7-8,11H,3-6H2,1-2H3. The number of hydrogen-bond donors (Lipinski definition) is 1. The highest BCUT2D eigenvalue weighted by Crippen LogP contribution is 2.01. The fourth-order valence-electron chi connectivity index (χ4n) is 1.20. The summed E-state index contributed by atoms with van der Waals surface area (Å²) in [5.74, 6) is 2.30. The molecule has 0 aliphatic rings. The molecule has 1 rings (SSSR count). The van der Waals surface area contributed by atoms with Crippen molar-refractivity contribution in [3.63, 3.8) is 0 Å². The molecule has 0 radical (unpaired) electrons. The zero-order valence-electron chi connectivity index (χ0n) is 8.70. The van der Waals surface area contributed by atoms with Crippen molar-refractivity contribution >= 4 is 11.6 Å². The number of rotatable bonds is 6. The highest BCUT2D eigenvalue weighted by atomic mass is 35.5. The molecule has 0 aromatic carbocycles. The SMILES string of the molecule is CC(CCCl)CNCc1ncnn1C. The Hall–Kier alpha value is -0.610. The lowest BCUT2D eigenvalue weighted by atomic mass is 10.1. The minimum absolute atomic E-state index is 0.612. The number of alkyl halides is 1. The Kier molecular flexibility index (Phi) is 4.90. The molecular formula is C9H17ClN4. The van der Waals surface area contributed by atoms with Gasteiger partial charge in [-0.25, -0.2) is 4.98 Å². The third-order valence-electron chi connectivity index (χ3n) is 2.18. The average molecular weight is 217 g/mol. The summed E-state index contributed by atoms with van der Waals surface area (Å²) in [5.41, 5.74) is 0. The average Bonchev–Trinajstić information content (AvgIpc) is 2.52. The first kappa shape index (κ1) is 11.5. The Morgan fingerprint density at radius 1 is 1.64 bits per heavy atom. The van der Waals surface area contributed by atoms with Crippen molar-refractivity contribution in [2.45, 2.75) is 19.9 Å². The molecule has 1 aromatic heterocycles. The van der Waals surface area contributed by atoms with E-state index in [1.807, 2.05) is 7.05 Å². The summed E-state index contributed by atoms with van der Waals surface area (Å²) in [7, 11) is 1.90. The fourth-order valence-corrected chi connectivity index (χ4v) is 1.57. The van der Waals surface area contributed by atoms with Gasteiger partial charge in [0.15, 0.2) is 0 Å². The van der Waals surface area contributed by atoms with Gasteiger partial charge in [0.05, 0.1) is 6.54 Å². The molecule has 1 aromatic rings. The van der Waals surface area contributed by atoms with Gasteiger partial charge in [0.1, 0.15) is 12.2 Å². The van der Waals surface area contributed by atoms with Crippen LogP contribution in [0.15, 0.2) is 6.33 Å². The van der Waals surface area contributed by atoms with E-state index >= 15 is 0 Å². The topological polar surface area (TPSA) is 42.7 Å². The molecule has 14 heavy (non-hydrogen) atoms. The first-order valence-corrected chi connectivity index (χ1v) is 5.37. The molecule has 0 spiro atoms. The van der Waals surface area contributed by atoms with Crippen molar-refractivity contribution in [1.29, 1.82) is 0 Å². The van der Waals surface area contributed by atoms with Crippen molar-refractivity contribution in [2.24, 2.45) is 13.0 Å². The van der Waals surface area contributed by atoms with Crippen LogP contribution >= 0.6 is 11.6 Å². The molecular weight excluding hydrogens is 200 g/mol. The van der Waals surface area contributed by atoms with Crippen molar-refractivity contribution in [1.82, 2.24) is 20.1 Å². The first-order valence-electron chi connectivity index (χ1n) is 4.83.